The lowest BCUT2D eigenvalue weighted by Gasteiger charge is -2.05. The van der Waals surface area contributed by atoms with Crippen LogP contribution in [0.25, 0.3) is 17.4 Å². The zero-order valence-electron chi connectivity index (χ0n) is 15.0. The SMILES string of the molecule is N#C/C(=C\c1ccc(-c2cccc([N+](=O)[O-])c2)o1)C(=O)NCc1ccccc1Cl. The van der Waals surface area contributed by atoms with Crippen molar-refractivity contribution in [3.8, 4) is 17.4 Å². The molecule has 0 fully saturated rings. The van der Waals surface area contributed by atoms with E-state index in [0.717, 1.165) is 5.56 Å². The summed E-state index contributed by atoms with van der Waals surface area (Å²) in [5, 5.41) is 23.4. The maximum absolute atomic E-state index is 12.3. The van der Waals surface area contributed by atoms with Gasteiger partial charge in [0.15, 0.2) is 0 Å². The molecule has 1 heterocycles. The first kappa shape index (κ1) is 19.9. The second-order valence-corrected chi connectivity index (χ2v) is 6.36. The Kier molecular flexibility index (Phi) is 6.07. The minimum atomic E-state index is -0.569. The van der Waals surface area contributed by atoms with Crippen LogP contribution < -0.4 is 5.32 Å². The molecule has 0 aliphatic rings. The average Bonchev–Trinajstić information content (AvgIpc) is 3.20. The van der Waals surface area contributed by atoms with Gasteiger partial charge in [0.2, 0.25) is 0 Å². The van der Waals surface area contributed by atoms with Crippen molar-refractivity contribution >= 4 is 29.3 Å². The number of amides is 1. The maximum atomic E-state index is 12.3. The molecule has 0 bridgehead atoms. The summed E-state index contributed by atoms with van der Waals surface area (Å²) >= 11 is 6.05. The van der Waals surface area contributed by atoms with E-state index < -0.39 is 10.8 Å². The van der Waals surface area contributed by atoms with Gasteiger partial charge in [-0.2, -0.15) is 5.26 Å². The molecule has 3 aromatic rings. The summed E-state index contributed by atoms with van der Waals surface area (Å²) < 4.78 is 5.62. The van der Waals surface area contributed by atoms with Crippen molar-refractivity contribution < 1.29 is 14.1 Å². The van der Waals surface area contributed by atoms with E-state index in [1.807, 2.05) is 6.07 Å². The molecule has 0 saturated carbocycles. The van der Waals surface area contributed by atoms with Crippen LogP contribution in [0, 0.1) is 21.4 Å². The van der Waals surface area contributed by atoms with Crippen LogP contribution in [-0.4, -0.2) is 10.8 Å². The van der Waals surface area contributed by atoms with E-state index >= 15 is 0 Å². The molecule has 0 spiro atoms. The van der Waals surface area contributed by atoms with Crippen molar-refractivity contribution in [2.75, 3.05) is 0 Å². The van der Waals surface area contributed by atoms with Crippen molar-refractivity contribution in [3.63, 3.8) is 0 Å². The number of benzene rings is 2. The molecule has 0 aliphatic heterocycles. The lowest BCUT2D eigenvalue weighted by molar-refractivity contribution is -0.384. The monoisotopic (exact) mass is 407 g/mol. The molecule has 0 aliphatic carbocycles. The number of nitro benzene ring substituents is 1. The standard InChI is InChI=1S/C21H14ClN3O4/c22-19-7-2-1-4-15(19)13-24-21(26)16(12-23)11-18-8-9-20(29-18)14-5-3-6-17(10-14)25(27)28/h1-11H,13H2,(H,24,26)/b16-11+. The predicted octanol–water partition coefficient (Wildman–Crippen LogP) is 4.73. The molecule has 1 N–H and O–H groups in total. The zero-order valence-corrected chi connectivity index (χ0v) is 15.7. The highest BCUT2D eigenvalue weighted by Gasteiger charge is 2.13. The Hall–Kier alpha value is -3.89. The summed E-state index contributed by atoms with van der Waals surface area (Å²) in [6, 6.07) is 18.1. The van der Waals surface area contributed by atoms with Crippen molar-refractivity contribution in [2.24, 2.45) is 0 Å². The number of hydrogen-bond donors (Lipinski definition) is 1. The van der Waals surface area contributed by atoms with E-state index in [1.54, 1.807) is 48.5 Å². The third-order valence-corrected chi connectivity index (χ3v) is 4.39. The van der Waals surface area contributed by atoms with Crippen molar-refractivity contribution in [3.05, 3.63) is 92.7 Å². The highest BCUT2D eigenvalue weighted by molar-refractivity contribution is 6.31. The van der Waals surface area contributed by atoms with E-state index in [0.29, 0.717) is 16.3 Å². The smallest absolute Gasteiger partial charge is 0.270 e. The fraction of sp³-hybridized carbons (Fsp3) is 0.0476. The second-order valence-electron chi connectivity index (χ2n) is 5.95. The number of nitrogens with one attached hydrogen (secondary N) is 1. The molecule has 0 unspecified atom stereocenters. The quantitative estimate of drug-likeness (QED) is 0.275. The molecular weight excluding hydrogens is 394 g/mol. The number of rotatable bonds is 6. The molecule has 7 nitrogen and oxygen atoms in total. The zero-order chi connectivity index (χ0) is 20.8. The van der Waals surface area contributed by atoms with Crippen LogP contribution in [0.4, 0.5) is 5.69 Å². The lowest BCUT2D eigenvalue weighted by atomic mass is 10.1. The Morgan fingerprint density at radius 3 is 2.72 bits per heavy atom. The Labute approximate surface area is 171 Å². The summed E-state index contributed by atoms with van der Waals surface area (Å²) in [5.41, 5.74) is 1.04. The summed E-state index contributed by atoms with van der Waals surface area (Å²) in [6.07, 6.45) is 1.31. The number of furan rings is 1. The van der Waals surface area contributed by atoms with Crippen LogP contribution >= 0.6 is 11.6 Å². The van der Waals surface area contributed by atoms with E-state index in [-0.39, 0.29) is 23.6 Å². The van der Waals surface area contributed by atoms with Gasteiger partial charge in [0.05, 0.1) is 4.92 Å². The van der Waals surface area contributed by atoms with Gasteiger partial charge in [-0.05, 0) is 23.8 Å². The number of non-ortho nitro benzene ring substituents is 1. The highest BCUT2D eigenvalue weighted by Crippen LogP contribution is 2.26. The van der Waals surface area contributed by atoms with Crippen molar-refractivity contribution in [1.82, 2.24) is 5.32 Å². The highest BCUT2D eigenvalue weighted by atomic mass is 35.5. The Morgan fingerprint density at radius 1 is 1.21 bits per heavy atom. The van der Waals surface area contributed by atoms with E-state index in [9.17, 15) is 20.2 Å². The van der Waals surface area contributed by atoms with E-state index in [4.69, 9.17) is 16.0 Å². The summed E-state index contributed by atoms with van der Waals surface area (Å²) in [6.45, 7) is 0.175. The molecule has 1 amide bonds. The fourth-order valence-corrected chi connectivity index (χ4v) is 2.76. The first-order valence-corrected chi connectivity index (χ1v) is 8.84. The molecule has 3 rings (SSSR count). The maximum Gasteiger partial charge on any atom is 0.270 e. The first-order chi connectivity index (χ1) is 14.0. The minimum Gasteiger partial charge on any atom is -0.457 e. The largest absolute Gasteiger partial charge is 0.457 e. The van der Waals surface area contributed by atoms with Gasteiger partial charge in [0.25, 0.3) is 11.6 Å². The van der Waals surface area contributed by atoms with Gasteiger partial charge in [-0.1, -0.05) is 41.9 Å². The number of nitrogens with zero attached hydrogens (tertiary/aromatic N) is 2. The Balaban J connectivity index is 1.75. The normalized spacial score (nSPS) is 11.0. The first-order valence-electron chi connectivity index (χ1n) is 8.46. The topological polar surface area (TPSA) is 109 Å². The Morgan fingerprint density at radius 2 is 2.00 bits per heavy atom. The molecule has 29 heavy (non-hydrogen) atoms. The number of nitro groups is 1. The molecule has 0 radical (unpaired) electrons. The average molecular weight is 408 g/mol. The van der Waals surface area contributed by atoms with Gasteiger partial charge in [-0.15, -0.1) is 0 Å². The molecule has 0 atom stereocenters. The molecular formula is C21H14ClN3O4. The van der Waals surface area contributed by atoms with E-state index in [1.165, 1.54) is 18.2 Å². The van der Waals surface area contributed by atoms with Crippen LogP contribution in [0.1, 0.15) is 11.3 Å². The van der Waals surface area contributed by atoms with Gasteiger partial charge < -0.3 is 9.73 Å². The van der Waals surface area contributed by atoms with E-state index in [2.05, 4.69) is 5.32 Å². The predicted molar refractivity (Wildman–Crippen MR) is 108 cm³/mol. The van der Waals surface area contributed by atoms with Gasteiger partial charge in [0, 0.05) is 35.3 Å². The van der Waals surface area contributed by atoms with Gasteiger partial charge in [-0.3, -0.25) is 14.9 Å². The van der Waals surface area contributed by atoms with Crippen LogP contribution in [0.3, 0.4) is 0 Å². The lowest BCUT2D eigenvalue weighted by Crippen LogP contribution is -2.24. The van der Waals surface area contributed by atoms with Crippen LogP contribution in [0.2, 0.25) is 5.02 Å². The summed E-state index contributed by atoms with van der Waals surface area (Å²) in [4.78, 5) is 22.7. The van der Waals surface area contributed by atoms with Gasteiger partial charge in [0.1, 0.15) is 23.2 Å². The molecule has 144 valence electrons. The van der Waals surface area contributed by atoms with Crippen molar-refractivity contribution in [2.45, 2.75) is 6.54 Å². The molecule has 2 aromatic carbocycles. The number of hydrogen-bond acceptors (Lipinski definition) is 5. The molecule has 1 aromatic heterocycles. The van der Waals surface area contributed by atoms with Crippen LogP contribution in [0.15, 0.2) is 70.7 Å². The molecule has 8 heteroatoms. The third kappa shape index (κ3) is 4.89. The van der Waals surface area contributed by atoms with Gasteiger partial charge in [-0.25, -0.2) is 0 Å². The van der Waals surface area contributed by atoms with Crippen LogP contribution in [0.5, 0.6) is 0 Å². The summed E-state index contributed by atoms with van der Waals surface area (Å²) in [7, 11) is 0. The van der Waals surface area contributed by atoms with Crippen molar-refractivity contribution in [1.29, 1.82) is 5.26 Å². The number of carbonyl (C=O) groups is 1. The second kappa shape index (κ2) is 8.87. The molecule has 0 saturated heterocycles. The third-order valence-electron chi connectivity index (χ3n) is 4.02. The fourth-order valence-electron chi connectivity index (χ4n) is 2.56. The summed E-state index contributed by atoms with van der Waals surface area (Å²) in [5.74, 6) is 0.0883. The minimum absolute atomic E-state index is 0.0624. The number of carbonyl (C=O) groups excluding carboxylic acids is 1. The van der Waals surface area contributed by atoms with Crippen LogP contribution in [-0.2, 0) is 11.3 Å². The Bertz CT molecular complexity index is 1140. The number of nitriles is 1. The number of halogens is 1. The van der Waals surface area contributed by atoms with Gasteiger partial charge >= 0.3 is 0 Å².